The molecule has 2 saturated carbocycles. The minimum Gasteiger partial charge on any atom is -0.462 e. The molecule has 8 atom stereocenters. The van der Waals surface area contributed by atoms with Gasteiger partial charge in [-0.05, 0) is 92.7 Å². The number of aliphatic hydroxyl groups excluding tert-OH is 2. The van der Waals surface area contributed by atoms with Crippen molar-refractivity contribution >= 4 is 46.9 Å². The van der Waals surface area contributed by atoms with Crippen molar-refractivity contribution in [2.24, 2.45) is 32.7 Å². The molecule has 13 nitrogen and oxygen atoms in total. The highest BCUT2D eigenvalue weighted by atomic mass is 16.6. The van der Waals surface area contributed by atoms with Crippen LogP contribution in [-0.4, -0.2) is 103 Å². The number of amidine groups is 1. The van der Waals surface area contributed by atoms with Crippen LogP contribution < -0.4 is 15.5 Å². The second-order valence-corrected chi connectivity index (χ2v) is 16.3. The zero-order valence-corrected chi connectivity index (χ0v) is 33.8. The topological polar surface area (TPSA) is 175 Å². The summed E-state index contributed by atoms with van der Waals surface area (Å²) in [6.45, 7) is 12.7. The molecule has 0 bridgehead atoms. The Bertz CT molecular complexity index is 1980. The van der Waals surface area contributed by atoms with E-state index in [2.05, 4.69) is 39.1 Å². The number of ether oxygens (including phenoxy) is 2. The first-order chi connectivity index (χ1) is 27.2. The molecular weight excluding hydrogens is 725 g/mol. The third-order valence-corrected chi connectivity index (χ3v) is 12.6. The van der Waals surface area contributed by atoms with E-state index in [-0.39, 0.29) is 54.6 Å². The number of Topliss-reactive ketones (excluding diaryl/α,β-unsaturated/α-hetero) is 1. The summed E-state index contributed by atoms with van der Waals surface area (Å²) in [6.07, 6.45) is 6.37. The Morgan fingerprint density at radius 3 is 2.54 bits per heavy atom. The maximum Gasteiger partial charge on any atom is 0.342 e. The van der Waals surface area contributed by atoms with Crippen molar-refractivity contribution in [1.82, 2.24) is 10.3 Å². The number of fused-ring (bicyclic) bond motifs is 1. The van der Waals surface area contributed by atoms with E-state index in [4.69, 9.17) is 9.47 Å². The van der Waals surface area contributed by atoms with Gasteiger partial charge in [-0.3, -0.25) is 9.79 Å². The lowest BCUT2D eigenvalue weighted by atomic mass is 9.45. The molecule has 2 fully saturated rings. The largest absolute Gasteiger partial charge is 0.462 e. The van der Waals surface area contributed by atoms with Crippen LogP contribution in [0.5, 0.6) is 0 Å². The SMILES string of the molecule is C=C1C(NC(C)C(=O)CC2=NCC=N2)CC2[C@](C)(CC[C@@H](O)[C@@]2(C)CO)C1CC(Nc1ccccn1)C1=C/C(=C(/C(=O)OCC)c2ccc(N(C)C)cc2)OC1=O. The van der Waals surface area contributed by atoms with Gasteiger partial charge < -0.3 is 35.2 Å². The minimum absolute atomic E-state index is 0.0549. The Hall–Kier alpha value is -4.98. The van der Waals surface area contributed by atoms with Gasteiger partial charge in [0.25, 0.3) is 0 Å². The van der Waals surface area contributed by atoms with Gasteiger partial charge >= 0.3 is 11.9 Å². The molecule has 0 spiro atoms. The smallest absolute Gasteiger partial charge is 0.342 e. The Kier molecular flexibility index (Phi) is 12.6. The first kappa shape index (κ1) is 41.6. The van der Waals surface area contributed by atoms with Gasteiger partial charge in [0.15, 0.2) is 5.78 Å². The number of carbonyl (C=O) groups excluding carboxylic acids is 3. The molecule has 1 aromatic heterocycles. The standard InChI is InChI=1S/C44H56N6O7/c1-8-56-42(55)40(28-12-14-29(15-13-28)50(6)7)35-21-30(41(54)57-35)33(49-38-11-9-10-18-45-38)22-31-26(2)32(48-27(3)34(52)24-39-46-19-20-47-39)23-36-43(31,4)17-16-37(53)44(36,5)25-51/h9-15,18-19,21,27,31-33,36-37,48,51,53H,2,8,16-17,20,22-25H2,1,3-7H3,(H,45,49)/b40-35-/t27?,31?,32?,33?,36?,37-,43-,44+/m1/s1. The summed E-state index contributed by atoms with van der Waals surface area (Å²) in [7, 11) is 3.85. The van der Waals surface area contributed by atoms with Crippen molar-refractivity contribution in [1.29, 1.82) is 0 Å². The number of rotatable bonds is 15. The summed E-state index contributed by atoms with van der Waals surface area (Å²) < 4.78 is 11.4. The molecule has 304 valence electrons. The Balaban J connectivity index is 1.41. The van der Waals surface area contributed by atoms with Crippen molar-refractivity contribution < 1.29 is 34.1 Å². The number of nitrogens with zero attached hydrogens (tertiary/aromatic N) is 4. The highest BCUT2D eigenvalue weighted by molar-refractivity contribution is 6.19. The number of esters is 2. The number of ketones is 1. The number of allylic oxidation sites excluding steroid dienone is 1. The maximum absolute atomic E-state index is 14.1. The molecule has 0 radical (unpaired) electrons. The Morgan fingerprint density at radius 1 is 1.16 bits per heavy atom. The monoisotopic (exact) mass is 780 g/mol. The lowest BCUT2D eigenvalue weighted by Gasteiger charge is -2.62. The number of aliphatic imine (C=N–C) groups is 2. The van der Waals surface area contributed by atoms with Crippen molar-refractivity contribution in [2.45, 2.75) is 84.0 Å². The third kappa shape index (κ3) is 8.51. The molecule has 4 N–H and O–H groups in total. The summed E-state index contributed by atoms with van der Waals surface area (Å²) in [5.41, 5.74) is 1.46. The summed E-state index contributed by atoms with van der Waals surface area (Å²) in [6, 6.07) is 11.2. The van der Waals surface area contributed by atoms with Gasteiger partial charge in [-0.2, -0.15) is 0 Å². The lowest BCUT2D eigenvalue weighted by molar-refractivity contribution is -0.156. The fourth-order valence-corrected chi connectivity index (χ4v) is 9.27. The molecule has 5 unspecified atom stereocenters. The molecule has 0 amide bonds. The van der Waals surface area contributed by atoms with Gasteiger partial charge in [0.1, 0.15) is 23.0 Å². The van der Waals surface area contributed by atoms with Crippen LogP contribution in [0.4, 0.5) is 11.5 Å². The van der Waals surface area contributed by atoms with Crippen LogP contribution in [0, 0.1) is 22.7 Å². The van der Waals surface area contributed by atoms with E-state index < -0.39 is 41.0 Å². The van der Waals surface area contributed by atoms with E-state index in [0.29, 0.717) is 55.0 Å². The summed E-state index contributed by atoms with van der Waals surface area (Å²) >= 11 is 0. The molecule has 57 heavy (non-hydrogen) atoms. The number of benzene rings is 1. The quantitative estimate of drug-likeness (QED) is 0.110. The van der Waals surface area contributed by atoms with Crippen LogP contribution in [0.15, 0.2) is 88.2 Å². The number of aromatic nitrogens is 1. The molecular formula is C44H56N6O7. The number of aliphatic hydroxyl groups is 2. The number of cyclic esters (lactones) is 1. The molecule has 0 saturated heterocycles. The number of anilines is 2. The second kappa shape index (κ2) is 17.3. The van der Waals surface area contributed by atoms with E-state index in [1.54, 1.807) is 43.6 Å². The Morgan fingerprint density at radius 2 is 1.91 bits per heavy atom. The average Bonchev–Trinajstić information content (AvgIpc) is 3.85. The number of hydrogen-bond acceptors (Lipinski definition) is 13. The second-order valence-electron chi connectivity index (χ2n) is 16.3. The van der Waals surface area contributed by atoms with Gasteiger partial charge in [0, 0.05) is 43.7 Å². The van der Waals surface area contributed by atoms with E-state index in [1.165, 1.54) is 0 Å². The number of nitrogens with one attached hydrogen (secondary N) is 2. The molecule has 2 aromatic rings. The number of pyridine rings is 1. The van der Waals surface area contributed by atoms with E-state index in [9.17, 15) is 24.6 Å². The molecule has 2 aliphatic heterocycles. The van der Waals surface area contributed by atoms with E-state index in [0.717, 1.165) is 11.3 Å². The van der Waals surface area contributed by atoms with Gasteiger partial charge in [-0.15, -0.1) is 0 Å². The van der Waals surface area contributed by atoms with Crippen LogP contribution in [0.1, 0.15) is 65.4 Å². The first-order valence-electron chi connectivity index (χ1n) is 19.8. The van der Waals surface area contributed by atoms with Crippen LogP contribution in [0.25, 0.3) is 5.57 Å². The molecule has 4 aliphatic rings. The number of carbonyl (C=O) groups is 3. The molecule has 13 heteroatoms. The number of hydrogen-bond donors (Lipinski definition) is 4. The summed E-state index contributed by atoms with van der Waals surface area (Å²) in [5, 5.41) is 29.4. The van der Waals surface area contributed by atoms with Gasteiger partial charge in [0.05, 0.1) is 49.9 Å². The van der Waals surface area contributed by atoms with Crippen LogP contribution in [0.3, 0.4) is 0 Å². The van der Waals surface area contributed by atoms with E-state index >= 15 is 0 Å². The normalized spacial score (nSPS) is 28.8. The predicted octanol–water partition coefficient (Wildman–Crippen LogP) is 4.92. The van der Waals surface area contributed by atoms with Crippen molar-refractivity contribution in [3.05, 3.63) is 83.8 Å². The summed E-state index contributed by atoms with van der Waals surface area (Å²) in [5.74, 6) is -0.614. The molecule has 2 aliphatic carbocycles. The predicted molar refractivity (Wildman–Crippen MR) is 221 cm³/mol. The van der Waals surface area contributed by atoms with Gasteiger partial charge in [0.2, 0.25) is 0 Å². The van der Waals surface area contributed by atoms with Crippen molar-refractivity contribution in [3.8, 4) is 0 Å². The van der Waals surface area contributed by atoms with Gasteiger partial charge in [-0.25, -0.2) is 19.6 Å². The highest BCUT2D eigenvalue weighted by Crippen LogP contribution is 2.62. The fraction of sp³-hybridized carbons (Fsp3) is 0.500. The van der Waals surface area contributed by atoms with Crippen LogP contribution >= 0.6 is 0 Å². The minimum atomic E-state index is -0.839. The van der Waals surface area contributed by atoms with Crippen molar-refractivity contribution in [2.75, 3.05) is 44.1 Å². The van der Waals surface area contributed by atoms with E-state index in [1.807, 2.05) is 57.1 Å². The molecule has 3 heterocycles. The van der Waals surface area contributed by atoms with Gasteiger partial charge in [-0.1, -0.05) is 44.2 Å². The Labute approximate surface area is 335 Å². The fourth-order valence-electron chi connectivity index (χ4n) is 9.27. The van der Waals surface area contributed by atoms with Crippen LogP contribution in [-0.2, 0) is 23.9 Å². The third-order valence-electron chi connectivity index (χ3n) is 12.6. The average molecular weight is 781 g/mol. The van der Waals surface area contributed by atoms with Crippen molar-refractivity contribution in [3.63, 3.8) is 0 Å². The maximum atomic E-state index is 14.1. The zero-order valence-electron chi connectivity index (χ0n) is 33.8. The zero-order chi connectivity index (χ0) is 41.1. The highest BCUT2D eigenvalue weighted by Gasteiger charge is 2.60. The first-order valence-corrected chi connectivity index (χ1v) is 19.8. The van der Waals surface area contributed by atoms with Crippen LogP contribution in [0.2, 0.25) is 0 Å². The molecule has 6 rings (SSSR count). The summed E-state index contributed by atoms with van der Waals surface area (Å²) in [4.78, 5) is 56.0. The lowest BCUT2D eigenvalue weighted by Crippen LogP contribution is -2.62. The molecule has 1 aromatic carbocycles.